The maximum Gasteiger partial charge on any atom is 0.418 e. The van der Waals surface area contributed by atoms with E-state index in [4.69, 9.17) is 0 Å². The van der Waals surface area contributed by atoms with E-state index in [1.807, 2.05) is 18.2 Å². The van der Waals surface area contributed by atoms with Crippen LogP contribution in [0.2, 0.25) is 0 Å². The van der Waals surface area contributed by atoms with Crippen LogP contribution in [0, 0.1) is 0 Å². The molecule has 2 heterocycles. The van der Waals surface area contributed by atoms with E-state index >= 15 is 0 Å². The molecule has 184 valence electrons. The van der Waals surface area contributed by atoms with E-state index in [9.17, 15) is 31.4 Å². The van der Waals surface area contributed by atoms with Gasteiger partial charge in [-0.2, -0.15) is 26.3 Å². The van der Waals surface area contributed by atoms with Crippen LogP contribution < -0.4 is 10.6 Å². The number of pyridine rings is 1. The van der Waals surface area contributed by atoms with Gasteiger partial charge in [0.1, 0.15) is 0 Å². The quantitative estimate of drug-likeness (QED) is 0.222. The molecule has 0 atom stereocenters. The molecule has 0 amide bonds. The fraction of sp³-hybridized carbons (Fsp3) is 0.208. The van der Waals surface area contributed by atoms with Gasteiger partial charge in [0.25, 0.3) is 0 Å². The molecule has 0 saturated heterocycles. The molecular weight excluding hydrogens is 474 g/mol. The molecule has 0 radical (unpaired) electrons. The average Bonchev–Trinajstić information content (AvgIpc) is 3.21. The Bertz CT molecular complexity index is 1290. The minimum absolute atomic E-state index is 0.148. The molecule has 35 heavy (non-hydrogen) atoms. The summed E-state index contributed by atoms with van der Waals surface area (Å²) >= 11 is 0. The summed E-state index contributed by atoms with van der Waals surface area (Å²) in [5.74, 6) is 0. The van der Waals surface area contributed by atoms with Gasteiger partial charge in [0, 0.05) is 41.2 Å². The van der Waals surface area contributed by atoms with E-state index in [-0.39, 0.29) is 24.3 Å². The number of rotatable bonds is 7. The number of para-hydroxylation sites is 1. The van der Waals surface area contributed by atoms with E-state index in [0.717, 1.165) is 16.5 Å². The minimum Gasteiger partial charge on any atom is -0.390 e. The number of nitrogens with zero attached hydrogens (tertiary/aromatic N) is 1. The lowest BCUT2D eigenvalue weighted by molar-refractivity contribution is -0.141. The molecule has 4 aromatic rings. The van der Waals surface area contributed by atoms with Crippen molar-refractivity contribution in [1.29, 1.82) is 0 Å². The van der Waals surface area contributed by atoms with Gasteiger partial charge in [-0.15, -0.1) is 0 Å². The normalized spacial score (nSPS) is 12.2. The van der Waals surface area contributed by atoms with Gasteiger partial charge in [0.15, 0.2) is 0 Å². The molecule has 0 bridgehead atoms. The standard InChI is InChI=1S/C24H20F6N4O/c25-23(26,27)19-10-16(34-15-6-8-31-17(9-15)13-35)11-20(24(28,29)30)22(19)32-7-5-14-12-33-21-4-2-1-3-18(14)21/h1-4,6,8-12,32-33,35H,5,7,13H2,(H,31,34). The van der Waals surface area contributed by atoms with Crippen molar-refractivity contribution >= 4 is 28.0 Å². The van der Waals surface area contributed by atoms with Crippen molar-refractivity contribution in [2.75, 3.05) is 17.2 Å². The predicted octanol–water partition coefficient (Wildman–Crippen LogP) is 6.49. The molecule has 0 aliphatic carbocycles. The Hall–Kier alpha value is -3.73. The summed E-state index contributed by atoms with van der Waals surface area (Å²) in [5.41, 5.74) is -2.32. The molecule has 11 heteroatoms. The molecule has 0 fully saturated rings. The summed E-state index contributed by atoms with van der Waals surface area (Å²) in [6, 6.07) is 11.2. The van der Waals surface area contributed by atoms with Crippen molar-refractivity contribution in [3.05, 3.63) is 83.3 Å². The van der Waals surface area contributed by atoms with Gasteiger partial charge < -0.3 is 20.7 Å². The van der Waals surface area contributed by atoms with Crippen LogP contribution in [0.5, 0.6) is 0 Å². The zero-order valence-corrected chi connectivity index (χ0v) is 18.1. The van der Waals surface area contributed by atoms with Crippen molar-refractivity contribution in [3.8, 4) is 0 Å². The van der Waals surface area contributed by atoms with E-state index < -0.39 is 41.5 Å². The largest absolute Gasteiger partial charge is 0.418 e. The summed E-state index contributed by atoms with van der Waals surface area (Å²) in [5, 5.41) is 15.0. The molecule has 0 unspecified atom stereocenters. The third-order valence-corrected chi connectivity index (χ3v) is 5.39. The lowest BCUT2D eigenvalue weighted by Gasteiger charge is -2.22. The van der Waals surface area contributed by atoms with Gasteiger partial charge in [-0.05, 0) is 42.3 Å². The van der Waals surface area contributed by atoms with E-state index in [0.29, 0.717) is 12.1 Å². The van der Waals surface area contributed by atoms with Crippen LogP contribution in [0.4, 0.5) is 43.4 Å². The third kappa shape index (κ3) is 5.51. The second kappa shape index (κ2) is 9.49. The van der Waals surface area contributed by atoms with Crippen molar-refractivity contribution in [3.63, 3.8) is 0 Å². The Kier molecular flexibility index (Phi) is 6.62. The highest BCUT2D eigenvalue weighted by Crippen LogP contribution is 2.45. The molecule has 2 aromatic carbocycles. The second-order valence-corrected chi connectivity index (χ2v) is 7.80. The van der Waals surface area contributed by atoms with Crippen molar-refractivity contribution in [2.24, 2.45) is 0 Å². The van der Waals surface area contributed by atoms with E-state index in [2.05, 4.69) is 20.6 Å². The van der Waals surface area contributed by atoms with Gasteiger partial charge in [0.05, 0.1) is 29.1 Å². The number of hydrogen-bond donors (Lipinski definition) is 4. The molecule has 0 aliphatic heterocycles. The van der Waals surface area contributed by atoms with Crippen molar-refractivity contribution in [1.82, 2.24) is 9.97 Å². The molecule has 4 rings (SSSR count). The van der Waals surface area contributed by atoms with Gasteiger partial charge in [-0.1, -0.05) is 18.2 Å². The Balaban J connectivity index is 1.67. The van der Waals surface area contributed by atoms with Crippen molar-refractivity contribution < 1.29 is 31.4 Å². The Morgan fingerprint density at radius 1 is 0.886 bits per heavy atom. The smallest absolute Gasteiger partial charge is 0.390 e. The number of anilines is 3. The van der Waals surface area contributed by atoms with Crippen LogP contribution in [0.25, 0.3) is 10.9 Å². The first-order valence-corrected chi connectivity index (χ1v) is 10.5. The van der Waals surface area contributed by atoms with Gasteiger partial charge in [-0.3, -0.25) is 4.98 Å². The number of fused-ring (bicyclic) bond motifs is 1. The molecule has 0 saturated carbocycles. The Morgan fingerprint density at radius 2 is 1.57 bits per heavy atom. The fourth-order valence-corrected chi connectivity index (χ4v) is 3.82. The van der Waals surface area contributed by atoms with Crippen LogP contribution in [-0.2, 0) is 25.4 Å². The Labute approximate surface area is 195 Å². The molecule has 2 aromatic heterocycles. The monoisotopic (exact) mass is 494 g/mol. The number of hydrogen-bond acceptors (Lipinski definition) is 4. The van der Waals surface area contributed by atoms with E-state index in [1.54, 1.807) is 12.3 Å². The van der Waals surface area contributed by atoms with Crippen LogP contribution in [0.1, 0.15) is 22.4 Å². The number of aromatic amines is 1. The SMILES string of the molecule is OCc1cc(Nc2cc(C(F)(F)F)c(NCCc3c[nH]c4ccccc34)c(C(F)(F)F)c2)ccn1. The predicted molar refractivity (Wildman–Crippen MR) is 120 cm³/mol. The molecule has 0 spiro atoms. The maximum atomic E-state index is 13.9. The van der Waals surface area contributed by atoms with Gasteiger partial charge in [0.2, 0.25) is 0 Å². The molecule has 4 N–H and O–H groups in total. The van der Waals surface area contributed by atoms with E-state index in [1.165, 1.54) is 18.3 Å². The first-order chi connectivity index (χ1) is 16.6. The Morgan fingerprint density at radius 3 is 2.23 bits per heavy atom. The molecule has 5 nitrogen and oxygen atoms in total. The van der Waals surface area contributed by atoms with Crippen LogP contribution >= 0.6 is 0 Å². The summed E-state index contributed by atoms with van der Waals surface area (Å²) < 4.78 is 83.3. The van der Waals surface area contributed by atoms with Crippen molar-refractivity contribution in [2.45, 2.75) is 25.4 Å². The molecular formula is C24H20F6N4O. The number of aliphatic hydroxyl groups excluding tert-OH is 1. The third-order valence-electron chi connectivity index (χ3n) is 5.39. The number of alkyl halides is 6. The number of benzene rings is 2. The lowest BCUT2D eigenvalue weighted by atomic mass is 10.0. The summed E-state index contributed by atoms with van der Waals surface area (Å²) in [4.78, 5) is 6.87. The van der Waals surface area contributed by atoms with Gasteiger partial charge in [-0.25, -0.2) is 0 Å². The summed E-state index contributed by atoms with van der Waals surface area (Å²) in [6.45, 7) is -0.582. The first kappa shape index (κ1) is 24.4. The number of halogens is 6. The summed E-state index contributed by atoms with van der Waals surface area (Å²) in [7, 11) is 0. The van der Waals surface area contributed by atoms with Gasteiger partial charge >= 0.3 is 12.4 Å². The number of H-pyrrole nitrogens is 1. The lowest BCUT2D eigenvalue weighted by Crippen LogP contribution is -2.19. The second-order valence-electron chi connectivity index (χ2n) is 7.80. The van der Waals surface area contributed by atoms with Crippen LogP contribution in [0.3, 0.4) is 0 Å². The van der Waals surface area contributed by atoms with Crippen LogP contribution in [0.15, 0.2) is 60.9 Å². The minimum atomic E-state index is -5.05. The fourth-order valence-electron chi connectivity index (χ4n) is 3.82. The topological polar surface area (TPSA) is 73.0 Å². The average molecular weight is 494 g/mol. The first-order valence-electron chi connectivity index (χ1n) is 10.5. The highest BCUT2D eigenvalue weighted by atomic mass is 19.4. The summed E-state index contributed by atoms with van der Waals surface area (Å²) in [6.07, 6.45) is -6.92. The number of aliphatic hydroxyl groups is 1. The zero-order chi connectivity index (χ0) is 25.2. The zero-order valence-electron chi connectivity index (χ0n) is 18.1. The maximum absolute atomic E-state index is 13.9. The highest BCUT2D eigenvalue weighted by Gasteiger charge is 2.41. The van der Waals surface area contributed by atoms with Crippen LogP contribution in [-0.4, -0.2) is 21.6 Å². The highest BCUT2D eigenvalue weighted by molar-refractivity contribution is 5.83. The molecule has 0 aliphatic rings. The number of aromatic nitrogens is 2. The number of nitrogens with one attached hydrogen (secondary N) is 3.